The summed E-state index contributed by atoms with van der Waals surface area (Å²) in [5.41, 5.74) is 0.729. The lowest BCUT2D eigenvalue weighted by Crippen LogP contribution is -2.47. The van der Waals surface area contributed by atoms with Crippen molar-refractivity contribution in [1.29, 1.82) is 0 Å². The molecule has 0 aromatic heterocycles. The Balaban J connectivity index is 0.00000161. The Morgan fingerprint density at radius 3 is 2.86 bits per heavy atom. The van der Waals surface area contributed by atoms with Crippen molar-refractivity contribution in [2.75, 3.05) is 13.1 Å². The number of hydrogen-bond donors (Lipinski definition) is 2. The molecular formula is C16H22ClFN2O. The minimum absolute atomic E-state index is 0. The van der Waals surface area contributed by atoms with Gasteiger partial charge in [-0.25, -0.2) is 4.39 Å². The molecule has 1 amide bonds. The van der Waals surface area contributed by atoms with Crippen LogP contribution in [0.2, 0.25) is 0 Å². The third-order valence-corrected chi connectivity index (χ3v) is 4.86. The number of benzene rings is 1. The molecule has 1 aromatic carbocycles. The summed E-state index contributed by atoms with van der Waals surface area (Å²) in [7, 11) is 0. The van der Waals surface area contributed by atoms with E-state index in [9.17, 15) is 9.18 Å². The molecule has 2 aliphatic rings. The summed E-state index contributed by atoms with van der Waals surface area (Å²) >= 11 is 0. The number of amides is 1. The van der Waals surface area contributed by atoms with Crippen LogP contribution in [0.25, 0.3) is 0 Å². The van der Waals surface area contributed by atoms with Crippen molar-refractivity contribution in [1.82, 2.24) is 10.6 Å². The summed E-state index contributed by atoms with van der Waals surface area (Å²) in [6.45, 7) is 2.24. The summed E-state index contributed by atoms with van der Waals surface area (Å²) in [5.74, 6) is 0.395. The van der Waals surface area contributed by atoms with Gasteiger partial charge in [0.15, 0.2) is 0 Å². The van der Waals surface area contributed by atoms with E-state index >= 15 is 0 Å². The first-order valence-electron chi connectivity index (χ1n) is 7.44. The van der Waals surface area contributed by atoms with E-state index in [-0.39, 0.29) is 29.5 Å². The third kappa shape index (κ3) is 3.22. The van der Waals surface area contributed by atoms with Gasteiger partial charge in [0.25, 0.3) is 0 Å². The second kappa shape index (κ2) is 6.75. The van der Waals surface area contributed by atoms with Crippen molar-refractivity contribution in [3.63, 3.8) is 0 Å². The average Bonchev–Trinajstić information content (AvgIpc) is 2.91. The molecule has 0 unspecified atom stereocenters. The molecule has 1 aromatic rings. The van der Waals surface area contributed by atoms with Gasteiger partial charge in [0.2, 0.25) is 5.91 Å². The lowest BCUT2D eigenvalue weighted by molar-refractivity contribution is -0.134. The summed E-state index contributed by atoms with van der Waals surface area (Å²) in [6, 6.07) is 6.30. The molecule has 2 N–H and O–H groups in total. The highest BCUT2D eigenvalue weighted by Crippen LogP contribution is 2.43. The maximum absolute atomic E-state index is 12.9. The monoisotopic (exact) mass is 312 g/mol. The predicted octanol–water partition coefficient (Wildman–Crippen LogP) is 2.64. The molecule has 3 nitrogen and oxygen atoms in total. The van der Waals surface area contributed by atoms with E-state index < -0.39 is 0 Å². The fourth-order valence-electron chi connectivity index (χ4n) is 3.65. The van der Waals surface area contributed by atoms with Crippen molar-refractivity contribution in [2.24, 2.45) is 11.3 Å². The van der Waals surface area contributed by atoms with Crippen LogP contribution in [0.15, 0.2) is 24.3 Å². The second-order valence-electron chi connectivity index (χ2n) is 6.04. The van der Waals surface area contributed by atoms with E-state index in [0.29, 0.717) is 12.5 Å². The summed E-state index contributed by atoms with van der Waals surface area (Å²) in [6.07, 6.45) is 4.51. The molecule has 1 heterocycles. The largest absolute Gasteiger partial charge is 0.351 e. The van der Waals surface area contributed by atoms with Gasteiger partial charge in [0.05, 0.1) is 5.41 Å². The predicted molar refractivity (Wildman–Crippen MR) is 82.8 cm³/mol. The number of fused-ring (bicyclic) bond motifs is 1. The van der Waals surface area contributed by atoms with Gasteiger partial charge in [-0.05, 0) is 43.0 Å². The van der Waals surface area contributed by atoms with E-state index in [4.69, 9.17) is 0 Å². The summed E-state index contributed by atoms with van der Waals surface area (Å²) in [5, 5.41) is 6.43. The van der Waals surface area contributed by atoms with Crippen LogP contribution in [0.1, 0.15) is 31.2 Å². The van der Waals surface area contributed by atoms with Crippen LogP contribution in [0.3, 0.4) is 0 Å². The first-order valence-corrected chi connectivity index (χ1v) is 7.44. The van der Waals surface area contributed by atoms with E-state index in [2.05, 4.69) is 10.6 Å². The quantitative estimate of drug-likeness (QED) is 0.901. The first kappa shape index (κ1) is 16.2. The van der Waals surface area contributed by atoms with Crippen molar-refractivity contribution < 1.29 is 9.18 Å². The number of carbonyl (C=O) groups excluding carboxylic acids is 1. The highest BCUT2D eigenvalue weighted by atomic mass is 35.5. The topological polar surface area (TPSA) is 41.1 Å². The van der Waals surface area contributed by atoms with Gasteiger partial charge in [0, 0.05) is 13.1 Å². The highest BCUT2D eigenvalue weighted by molar-refractivity contribution is 5.85. The molecule has 1 saturated carbocycles. The normalized spacial score (nSPS) is 27.6. The van der Waals surface area contributed by atoms with E-state index in [1.807, 2.05) is 0 Å². The Morgan fingerprint density at radius 1 is 1.33 bits per heavy atom. The number of nitrogens with one attached hydrogen (secondary N) is 2. The summed E-state index contributed by atoms with van der Waals surface area (Å²) < 4.78 is 12.9. The molecule has 3 rings (SSSR count). The van der Waals surface area contributed by atoms with Crippen molar-refractivity contribution in [3.8, 4) is 0 Å². The zero-order valence-electron chi connectivity index (χ0n) is 12.0. The van der Waals surface area contributed by atoms with E-state index in [0.717, 1.165) is 37.9 Å². The Bertz CT molecular complexity index is 494. The molecule has 1 aliphatic heterocycles. The van der Waals surface area contributed by atoms with E-state index in [1.165, 1.54) is 18.6 Å². The van der Waals surface area contributed by atoms with Gasteiger partial charge in [-0.3, -0.25) is 4.79 Å². The minimum atomic E-state index is -0.244. The van der Waals surface area contributed by atoms with Crippen LogP contribution >= 0.6 is 12.4 Å². The Hall–Kier alpha value is -1.13. The van der Waals surface area contributed by atoms with Gasteiger partial charge in [0.1, 0.15) is 5.82 Å². The zero-order valence-corrected chi connectivity index (χ0v) is 12.8. The van der Waals surface area contributed by atoms with Gasteiger partial charge in [-0.1, -0.05) is 25.0 Å². The fraction of sp³-hybridized carbons (Fsp3) is 0.562. The SMILES string of the molecule is Cl.O=C(NCc1ccc(F)cc1)[C@@]12CCCC[C@H]1CNC2. The van der Waals surface area contributed by atoms with Crippen LogP contribution in [0.4, 0.5) is 4.39 Å². The summed E-state index contributed by atoms with van der Waals surface area (Å²) in [4.78, 5) is 12.6. The number of halogens is 2. The molecule has 116 valence electrons. The minimum Gasteiger partial charge on any atom is -0.351 e. The van der Waals surface area contributed by atoms with Crippen LogP contribution in [0.5, 0.6) is 0 Å². The van der Waals surface area contributed by atoms with Crippen molar-refractivity contribution in [2.45, 2.75) is 32.2 Å². The lowest BCUT2D eigenvalue weighted by atomic mass is 9.67. The first-order chi connectivity index (χ1) is 9.71. The Labute approximate surface area is 131 Å². The van der Waals surface area contributed by atoms with Crippen LogP contribution in [0, 0.1) is 17.2 Å². The molecule has 1 aliphatic carbocycles. The number of hydrogen-bond acceptors (Lipinski definition) is 2. The van der Waals surface area contributed by atoms with Crippen molar-refractivity contribution in [3.05, 3.63) is 35.6 Å². The molecule has 2 atom stereocenters. The van der Waals surface area contributed by atoms with E-state index in [1.54, 1.807) is 12.1 Å². The molecule has 21 heavy (non-hydrogen) atoms. The van der Waals surface area contributed by atoms with Gasteiger partial charge < -0.3 is 10.6 Å². The average molecular weight is 313 g/mol. The number of carbonyl (C=O) groups is 1. The lowest BCUT2D eigenvalue weighted by Gasteiger charge is -2.37. The third-order valence-electron chi connectivity index (χ3n) is 4.86. The van der Waals surface area contributed by atoms with Gasteiger partial charge >= 0.3 is 0 Å². The molecular weight excluding hydrogens is 291 g/mol. The molecule has 1 saturated heterocycles. The fourth-order valence-corrected chi connectivity index (χ4v) is 3.65. The Morgan fingerprint density at radius 2 is 2.10 bits per heavy atom. The van der Waals surface area contributed by atoms with Crippen LogP contribution < -0.4 is 10.6 Å². The van der Waals surface area contributed by atoms with Gasteiger partial charge in [-0.2, -0.15) is 0 Å². The van der Waals surface area contributed by atoms with Crippen LogP contribution in [-0.2, 0) is 11.3 Å². The highest BCUT2D eigenvalue weighted by Gasteiger charge is 2.49. The van der Waals surface area contributed by atoms with Crippen LogP contribution in [-0.4, -0.2) is 19.0 Å². The van der Waals surface area contributed by atoms with Gasteiger partial charge in [-0.15, -0.1) is 12.4 Å². The molecule has 2 fully saturated rings. The second-order valence-corrected chi connectivity index (χ2v) is 6.04. The molecule has 0 radical (unpaired) electrons. The standard InChI is InChI=1S/C16H21FN2O.ClH/c17-14-6-4-12(5-7-14)9-19-15(20)16-8-2-1-3-13(16)10-18-11-16;/h4-7,13,18H,1-3,8-11H2,(H,19,20);1H/t13-,16+;/m0./s1. The maximum Gasteiger partial charge on any atom is 0.228 e. The molecule has 0 bridgehead atoms. The van der Waals surface area contributed by atoms with Crippen molar-refractivity contribution >= 4 is 18.3 Å². The maximum atomic E-state index is 12.9. The molecule has 0 spiro atoms. The number of rotatable bonds is 3. The molecule has 5 heteroatoms. The Kier molecular flexibility index (Phi) is 5.22. The zero-order chi connectivity index (χ0) is 14.0. The smallest absolute Gasteiger partial charge is 0.228 e.